The van der Waals surface area contributed by atoms with E-state index in [1.54, 1.807) is 11.8 Å². The van der Waals surface area contributed by atoms with Crippen molar-refractivity contribution in [1.82, 2.24) is 5.32 Å². The fraction of sp³-hybridized carbons (Fsp3) is 0.909. The van der Waals surface area contributed by atoms with Crippen molar-refractivity contribution in [3.05, 3.63) is 0 Å². The Bertz CT molecular complexity index is 179. The Morgan fingerprint density at radius 2 is 2.19 bits per heavy atom. The van der Waals surface area contributed by atoms with E-state index in [1.165, 1.54) is 0 Å². The summed E-state index contributed by atoms with van der Waals surface area (Å²) in [5.74, 6) is 1.42. The second-order valence-electron chi connectivity index (χ2n) is 3.38. The summed E-state index contributed by atoms with van der Waals surface area (Å²) in [6.45, 7) is 5.32. The van der Waals surface area contributed by atoms with Crippen molar-refractivity contribution in [1.29, 1.82) is 0 Å². The molecule has 0 aliphatic rings. The van der Waals surface area contributed by atoms with E-state index in [1.807, 2.05) is 6.92 Å². The van der Waals surface area contributed by atoms with E-state index in [-0.39, 0.29) is 18.6 Å². The molecule has 0 aromatic heterocycles. The summed E-state index contributed by atoms with van der Waals surface area (Å²) < 4.78 is 5.00. The number of carbonyl (C=O) groups excluding carboxylic acids is 1. The molecule has 0 fully saturated rings. The van der Waals surface area contributed by atoms with Gasteiger partial charge in [-0.1, -0.05) is 6.92 Å². The van der Waals surface area contributed by atoms with E-state index >= 15 is 0 Å². The Morgan fingerprint density at radius 1 is 1.44 bits per heavy atom. The quantitative estimate of drug-likeness (QED) is 0.447. The standard InChI is InChI=1S/C11H23NO3S/c1-3-6-12-10(11(14)15-4-2)5-8-16-9-7-13/h10,12-13H,3-9H2,1-2H3. The lowest BCUT2D eigenvalue weighted by atomic mass is 10.2. The summed E-state index contributed by atoms with van der Waals surface area (Å²) in [5, 5.41) is 11.8. The van der Waals surface area contributed by atoms with Gasteiger partial charge in [0.2, 0.25) is 0 Å². The minimum atomic E-state index is -0.203. The highest BCUT2D eigenvalue weighted by molar-refractivity contribution is 7.99. The lowest BCUT2D eigenvalue weighted by molar-refractivity contribution is -0.145. The van der Waals surface area contributed by atoms with Crippen LogP contribution in [0.4, 0.5) is 0 Å². The molecule has 2 N–H and O–H groups in total. The molecule has 0 rings (SSSR count). The molecule has 4 nitrogen and oxygen atoms in total. The van der Waals surface area contributed by atoms with Gasteiger partial charge in [-0.3, -0.25) is 4.79 Å². The number of nitrogens with one attached hydrogen (secondary N) is 1. The molecule has 0 spiro atoms. The van der Waals surface area contributed by atoms with Crippen LogP contribution >= 0.6 is 11.8 Å². The zero-order valence-electron chi connectivity index (χ0n) is 10.2. The van der Waals surface area contributed by atoms with Crippen LogP contribution < -0.4 is 5.32 Å². The van der Waals surface area contributed by atoms with E-state index in [0.29, 0.717) is 6.61 Å². The Labute approximate surface area is 102 Å². The predicted molar refractivity (Wildman–Crippen MR) is 67.7 cm³/mol. The highest BCUT2D eigenvalue weighted by Crippen LogP contribution is 2.06. The predicted octanol–water partition coefficient (Wildman–Crippen LogP) is 1.03. The van der Waals surface area contributed by atoms with E-state index in [4.69, 9.17) is 9.84 Å². The summed E-state index contributed by atoms with van der Waals surface area (Å²) in [5.41, 5.74) is 0. The van der Waals surface area contributed by atoms with Gasteiger partial charge in [-0.2, -0.15) is 11.8 Å². The zero-order valence-corrected chi connectivity index (χ0v) is 11.0. The Morgan fingerprint density at radius 3 is 2.75 bits per heavy atom. The second kappa shape index (κ2) is 11.2. The van der Waals surface area contributed by atoms with E-state index in [2.05, 4.69) is 12.2 Å². The van der Waals surface area contributed by atoms with Gasteiger partial charge in [0.25, 0.3) is 0 Å². The van der Waals surface area contributed by atoms with Gasteiger partial charge in [-0.05, 0) is 32.1 Å². The molecule has 0 amide bonds. The Hall–Kier alpha value is -0.260. The minimum absolute atomic E-state index is 0.166. The first-order valence-corrected chi connectivity index (χ1v) is 7.00. The van der Waals surface area contributed by atoms with Crippen molar-refractivity contribution >= 4 is 17.7 Å². The summed E-state index contributed by atoms with van der Waals surface area (Å²) >= 11 is 1.65. The number of ether oxygens (including phenoxy) is 1. The maximum atomic E-state index is 11.6. The van der Waals surface area contributed by atoms with E-state index in [0.717, 1.165) is 30.9 Å². The molecule has 96 valence electrons. The Balaban J connectivity index is 3.84. The third-order valence-electron chi connectivity index (χ3n) is 2.00. The summed E-state index contributed by atoms with van der Waals surface area (Å²) in [4.78, 5) is 11.6. The molecule has 1 atom stereocenters. The largest absolute Gasteiger partial charge is 0.465 e. The Kier molecular flexibility index (Phi) is 11.0. The number of hydrogen-bond acceptors (Lipinski definition) is 5. The molecule has 0 aromatic carbocycles. The van der Waals surface area contributed by atoms with Crippen LogP contribution in [0.25, 0.3) is 0 Å². The first-order valence-electron chi connectivity index (χ1n) is 5.84. The third-order valence-corrected chi connectivity index (χ3v) is 2.99. The van der Waals surface area contributed by atoms with Crippen LogP contribution in [0.5, 0.6) is 0 Å². The van der Waals surface area contributed by atoms with Crippen molar-refractivity contribution in [2.24, 2.45) is 0 Å². The summed E-state index contributed by atoms with van der Waals surface area (Å²) in [6, 6.07) is -0.203. The van der Waals surface area contributed by atoms with Crippen LogP contribution in [-0.2, 0) is 9.53 Å². The van der Waals surface area contributed by atoms with Gasteiger partial charge in [-0.25, -0.2) is 0 Å². The summed E-state index contributed by atoms with van der Waals surface area (Å²) in [7, 11) is 0. The van der Waals surface area contributed by atoms with Gasteiger partial charge in [0.15, 0.2) is 0 Å². The average molecular weight is 249 g/mol. The molecule has 0 bridgehead atoms. The van der Waals surface area contributed by atoms with Gasteiger partial charge >= 0.3 is 5.97 Å². The van der Waals surface area contributed by atoms with Crippen molar-refractivity contribution in [2.75, 3.05) is 31.3 Å². The number of carbonyl (C=O) groups is 1. The molecule has 0 saturated heterocycles. The van der Waals surface area contributed by atoms with Gasteiger partial charge in [-0.15, -0.1) is 0 Å². The highest BCUT2D eigenvalue weighted by atomic mass is 32.2. The highest BCUT2D eigenvalue weighted by Gasteiger charge is 2.17. The van der Waals surface area contributed by atoms with Crippen LogP contribution in [0.15, 0.2) is 0 Å². The topological polar surface area (TPSA) is 58.6 Å². The molecule has 0 radical (unpaired) electrons. The van der Waals surface area contributed by atoms with E-state index < -0.39 is 0 Å². The molecule has 5 heteroatoms. The van der Waals surface area contributed by atoms with Crippen molar-refractivity contribution in [2.45, 2.75) is 32.7 Å². The second-order valence-corrected chi connectivity index (χ2v) is 4.61. The van der Waals surface area contributed by atoms with Gasteiger partial charge in [0.1, 0.15) is 6.04 Å². The van der Waals surface area contributed by atoms with Crippen LogP contribution in [0.3, 0.4) is 0 Å². The van der Waals surface area contributed by atoms with Gasteiger partial charge in [0, 0.05) is 5.75 Å². The first-order chi connectivity index (χ1) is 7.76. The maximum absolute atomic E-state index is 11.6. The SMILES string of the molecule is CCCNC(CCSCCO)C(=O)OCC. The van der Waals surface area contributed by atoms with Crippen LogP contribution in [0.2, 0.25) is 0 Å². The number of thioether (sulfide) groups is 1. The lowest BCUT2D eigenvalue weighted by Gasteiger charge is -2.16. The maximum Gasteiger partial charge on any atom is 0.323 e. The minimum Gasteiger partial charge on any atom is -0.465 e. The smallest absolute Gasteiger partial charge is 0.323 e. The first kappa shape index (κ1) is 15.7. The number of rotatable bonds is 10. The molecular weight excluding hydrogens is 226 g/mol. The molecule has 1 unspecified atom stereocenters. The normalized spacial score (nSPS) is 12.4. The third kappa shape index (κ3) is 7.96. The monoisotopic (exact) mass is 249 g/mol. The van der Waals surface area contributed by atoms with Gasteiger partial charge < -0.3 is 15.2 Å². The number of aliphatic hydroxyl groups is 1. The fourth-order valence-corrected chi connectivity index (χ4v) is 1.97. The van der Waals surface area contributed by atoms with Crippen LogP contribution in [0, 0.1) is 0 Å². The fourth-order valence-electron chi connectivity index (χ4n) is 1.23. The van der Waals surface area contributed by atoms with Crippen molar-refractivity contribution < 1.29 is 14.6 Å². The summed E-state index contributed by atoms with van der Waals surface area (Å²) in [6.07, 6.45) is 1.75. The van der Waals surface area contributed by atoms with Crippen molar-refractivity contribution in [3.8, 4) is 0 Å². The number of hydrogen-bond donors (Lipinski definition) is 2. The van der Waals surface area contributed by atoms with E-state index in [9.17, 15) is 4.79 Å². The zero-order chi connectivity index (χ0) is 12.2. The molecule has 0 aliphatic heterocycles. The lowest BCUT2D eigenvalue weighted by Crippen LogP contribution is -2.39. The molecule has 0 heterocycles. The molecule has 0 aromatic rings. The molecule has 16 heavy (non-hydrogen) atoms. The molecular formula is C11H23NO3S. The van der Waals surface area contributed by atoms with Crippen LogP contribution in [0.1, 0.15) is 26.7 Å². The molecule has 0 aliphatic carbocycles. The van der Waals surface area contributed by atoms with Crippen molar-refractivity contribution in [3.63, 3.8) is 0 Å². The van der Waals surface area contributed by atoms with Gasteiger partial charge in [0.05, 0.1) is 13.2 Å². The average Bonchev–Trinajstić information content (AvgIpc) is 2.28. The molecule has 0 saturated carbocycles. The van der Waals surface area contributed by atoms with Crippen LogP contribution in [-0.4, -0.2) is 48.4 Å². The number of esters is 1. The number of aliphatic hydroxyl groups excluding tert-OH is 1.